The van der Waals surface area contributed by atoms with Crippen LogP contribution in [0.1, 0.15) is 17.7 Å². The largest absolute Gasteiger partial charge is 0.493 e. The van der Waals surface area contributed by atoms with Gasteiger partial charge in [0.25, 0.3) is 5.91 Å². The van der Waals surface area contributed by atoms with Gasteiger partial charge in [-0.15, -0.1) is 0 Å². The van der Waals surface area contributed by atoms with Crippen molar-refractivity contribution in [2.24, 2.45) is 0 Å². The summed E-state index contributed by atoms with van der Waals surface area (Å²) in [7, 11) is 1.81. The number of aryl methyl sites for hydroxylation is 1. The summed E-state index contributed by atoms with van der Waals surface area (Å²) in [6.45, 7) is 8.96. The Morgan fingerprint density at radius 1 is 1.03 bits per heavy atom. The molecule has 1 aromatic heterocycles. The van der Waals surface area contributed by atoms with Crippen LogP contribution in [0.4, 0.5) is 5.69 Å². The second-order valence-corrected chi connectivity index (χ2v) is 9.14. The zero-order chi connectivity index (χ0) is 23.5. The number of hydrogen-bond acceptors (Lipinski definition) is 6. The number of carbonyl (C=O) groups excluding carboxylic acids is 1. The monoisotopic (exact) mass is 460 g/mol. The predicted octanol–water partition coefficient (Wildman–Crippen LogP) is 3.49. The number of rotatable bonds is 7. The number of amides is 1. The van der Waals surface area contributed by atoms with E-state index in [1.807, 2.05) is 44.3 Å². The quantitative estimate of drug-likeness (QED) is 0.503. The maximum absolute atomic E-state index is 11.9. The number of anilines is 1. The van der Waals surface area contributed by atoms with Gasteiger partial charge in [-0.2, -0.15) is 0 Å². The maximum atomic E-state index is 11.9. The van der Waals surface area contributed by atoms with E-state index in [-0.39, 0.29) is 12.5 Å². The Morgan fingerprint density at radius 3 is 2.71 bits per heavy atom. The Labute approximate surface area is 200 Å². The molecular formula is C27H32N4O3. The summed E-state index contributed by atoms with van der Waals surface area (Å²) in [6, 6.07) is 16.4. The van der Waals surface area contributed by atoms with Gasteiger partial charge in [0.2, 0.25) is 0 Å². The van der Waals surface area contributed by atoms with Crippen LogP contribution < -0.4 is 14.4 Å². The summed E-state index contributed by atoms with van der Waals surface area (Å²) >= 11 is 0. The van der Waals surface area contributed by atoms with Crippen LogP contribution in [0.5, 0.6) is 11.5 Å². The SMILES string of the molecule is Cc1ccc2c(OCCCN3CCN(Cc4ccc5c(c4)N(C)C(=O)CO5)CC3)cccc2n1. The van der Waals surface area contributed by atoms with Gasteiger partial charge in [-0.25, -0.2) is 0 Å². The zero-order valence-corrected chi connectivity index (χ0v) is 20.0. The molecular weight excluding hydrogens is 428 g/mol. The number of benzene rings is 2. The van der Waals surface area contributed by atoms with Gasteiger partial charge in [0.05, 0.1) is 17.8 Å². The molecule has 3 aromatic rings. The van der Waals surface area contributed by atoms with Crippen LogP contribution in [0.3, 0.4) is 0 Å². The van der Waals surface area contributed by atoms with E-state index >= 15 is 0 Å². The molecule has 2 aromatic carbocycles. The predicted molar refractivity (Wildman–Crippen MR) is 134 cm³/mol. The minimum absolute atomic E-state index is 0.00513. The van der Waals surface area contributed by atoms with Crippen molar-refractivity contribution in [3.8, 4) is 11.5 Å². The minimum atomic E-state index is -0.00513. The lowest BCUT2D eigenvalue weighted by Crippen LogP contribution is -2.46. The molecule has 0 spiro atoms. The minimum Gasteiger partial charge on any atom is -0.493 e. The molecule has 0 bridgehead atoms. The number of likely N-dealkylation sites (N-methyl/N-ethyl adjacent to an activating group) is 1. The van der Waals surface area contributed by atoms with E-state index in [0.717, 1.165) is 79.5 Å². The molecule has 3 heterocycles. The van der Waals surface area contributed by atoms with Crippen LogP contribution in [-0.4, -0.2) is 73.7 Å². The van der Waals surface area contributed by atoms with Gasteiger partial charge in [-0.05, 0) is 55.3 Å². The molecule has 178 valence electrons. The Bertz CT molecular complexity index is 1170. The van der Waals surface area contributed by atoms with Crippen molar-refractivity contribution in [2.75, 3.05) is 57.9 Å². The van der Waals surface area contributed by atoms with E-state index in [4.69, 9.17) is 9.47 Å². The first-order valence-electron chi connectivity index (χ1n) is 12.0. The van der Waals surface area contributed by atoms with Gasteiger partial charge >= 0.3 is 0 Å². The number of nitrogens with zero attached hydrogens (tertiary/aromatic N) is 4. The summed E-state index contributed by atoms with van der Waals surface area (Å²) in [5, 5.41) is 1.08. The highest BCUT2D eigenvalue weighted by Gasteiger charge is 2.23. The van der Waals surface area contributed by atoms with Crippen molar-refractivity contribution in [3.05, 3.63) is 59.8 Å². The number of piperazine rings is 1. The fourth-order valence-electron chi connectivity index (χ4n) is 4.67. The lowest BCUT2D eigenvalue weighted by Gasteiger charge is -2.35. The molecule has 1 fully saturated rings. The van der Waals surface area contributed by atoms with E-state index in [0.29, 0.717) is 6.61 Å². The van der Waals surface area contributed by atoms with Crippen LogP contribution in [0.2, 0.25) is 0 Å². The van der Waals surface area contributed by atoms with Crippen molar-refractivity contribution in [2.45, 2.75) is 19.9 Å². The molecule has 2 aliphatic rings. The summed E-state index contributed by atoms with van der Waals surface area (Å²) in [5.74, 6) is 1.69. The van der Waals surface area contributed by atoms with Gasteiger partial charge < -0.3 is 19.3 Å². The van der Waals surface area contributed by atoms with Gasteiger partial charge in [0.15, 0.2) is 6.61 Å². The van der Waals surface area contributed by atoms with E-state index in [9.17, 15) is 4.79 Å². The third-order valence-electron chi connectivity index (χ3n) is 6.69. The Morgan fingerprint density at radius 2 is 1.85 bits per heavy atom. The molecule has 7 nitrogen and oxygen atoms in total. The normalized spacial score (nSPS) is 17.0. The van der Waals surface area contributed by atoms with Gasteiger partial charge in [0.1, 0.15) is 11.5 Å². The first-order chi connectivity index (χ1) is 16.6. The molecule has 2 aliphatic heterocycles. The highest BCUT2D eigenvalue weighted by atomic mass is 16.5. The van der Waals surface area contributed by atoms with Crippen molar-refractivity contribution in [1.29, 1.82) is 0 Å². The number of pyridine rings is 1. The average Bonchev–Trinajstić information content (AvgIpc) is 2.85. The van der Waals surface area contributed by atoms with Crippen molar-refractivity contribution in [1.82, 2.24) is 14.8 Å². The second kappa shape index (κ2) is 9.99. The van der Waals surface area contributed by atoms with E-state index < -0.39 is 0 Å². The smallest absolute Gasteiger partial charge is 0.264 e. The average molecular weight is 461 g/mol. The van der Waals surface area contributed by atoms with E-state index in [2.05, 4.69) is 33.0 Å². The zero-order valence-electron chi connectivity index (χ0n) is 20.0. The van der Waals surface area contributed by atoms with Gasteiger partial charge in [-0.3, -0.25) is 14.7 Å². The van der Waals surface area contributed by atoms with Gasteiger partial charge in [-0.1, -0.05) is 12.1 Å². The molecule has 1 saturated heterocycles. The maximum Gasteiger partial charge on any atom is 0.264 e. The Balaban J connectivity index is 1.07. The lowest BCUT2D eigenvalue weighted by molar-refractivity contribution is -0.120. The molecule has 0 atom stereocenters. The van der Waals surface area contributed by atoms with E-state index in [1.54, 1.807) is 4.90 Å². The van der Waals surface area contributed by atoms with Crippen molar-refractivity contribution < 1.29 is 14.3 Å². The van der Waals surface area contributed by atoms with Crippen molar-refractivity contribution in [3.63, 3.8) is 0 Å². The van der Waals surface area contributed by atoms with E-state index in [1.165, 1.54) is 5.56 Å². The number of carbonyl (C=O) groups is 1. The fourth-order valence-corrected chi connectivity index (χ4v) is 4.67. The Kier molecular flexibility index (Phi) is 6.65. The molecule has 0 aliphatic carbocycles. The number of fused-ring (bicyclic) bond motifs is 2. The standard InChI is InChI=1S/C27H32N4O3/c1-20-7-9-22-23(28-20)5-3-6-25(22)33-16-4-11-30-12-14-31(15-13-30)18-21-8-10-26-24(17-21)29(2)27(32)19-34-26/h3,5-10,17H,4,11-16,18-19H2,1-2H3. The second-order valence-electron chi connectivity index (χ2n) is 9.14. The number of aromatic nitrogens is 1. The van der Waals surface area contributed by atoms with Crippen molar-refractivity contribution >= 4 is 22.5 Å². The highest BCUT2D eigenvalue weighted by molar-refractivity contribution is 5.97. The Hall–Kier alpha value is -3.16. The summed E-state index contributed by atoms with van der Waals surface area (Å²) in [5.41, 5.74) is 4.08. The molecule has 34 heavy (non-hydrogen) atoms. The van der Waals surface area contributed by atoms with Crippen LogP contribution >= 0.6 is 0 Å². The summed E-state index contributed by atoms with van der Waals surface area (Å²) < 4.78 is 11.6. The molecule has 0 N–H and O–H groups in total. The lowest BCUT2D eigenvalue weighted by atomic mass is 10.1. The first kappa shape index (κ1) is 22.6. The molecule has 7 heteroatoms. The van der Waals surface area contributed by atoms with Gasteiger partial charge in [0, 0.05) is 57.4 Å². The van der Waals surface area contributed by atoms with Crippen LogP contribution in [0, 0.1) is 6.92 Å². The van der Waals surface area contributed by atoms with Crippen LogP contribution in [0.15, 0.2) is 48.5 Å². The molecule has 5 rings (SSSR count). The summed E-state index contributed by atoms with van der Waals surface area (Å²) in [4.78, 5) is 23.2. The molecule has 0 unspecified atom stereocenters. The van der Waals surface area contributed by atoms with Crippen LogP contribution in [-0.2, 0) is 11.3 Å². The van der Waals surface area contributed by atoms with Crippen LogP contribution in [0.25, 0.3) is 10.9 Å². The molecule has 0 radical (unpaired) electrons. The number of hydrogen-bond donors (Lipinski definition) is 0. The summed E-state index contributed by atoms with van der Waals surface area (Å²) in [6.07, 6.45) is 1.00. The first-order valence-corrected chi connectivity index (χ1v) is 12.0. The third-order valence-corrected chi connectivity index (χ3v) is 6.69. The topological polar surface area (TPSA) is 58.1 Å². The third kappa shape index (κ3) is 5.00. The number of ether oxygens (including phenoxy) is 2. The molecule has 0 saturated carbocycles. The fraction of sp³-hybridized carbons (Fsp3) is 0.407. The molecule has 1 amide bonds. The highest BCUT2D eigenvalue weighted by Crippen LogP contribution is 2.32.